The minimum atomic E-state index is -1.77. The molecular formula is C19H36O2Si. The third-order valence-corrected chi connectivity index (χ3v) is 11.0. The van der Waals surface area contributed by atoms with E-state index in [2.05, 4.69) is 59.9 Å². The second kappa shape index (κ2) is 6.41. The first-order valence-corrected chi connectivity index (χ1v) is 11.9. The molecule has 0 aliphatic heterocycles. The van der Waals surface area contributed by atoms with Crippen molar-refractivity contribution in [2.24, 2.45) is 29.6 Å². The first kappa shape index (κ1) is 18.2. The first-order valence-electron chi connectivity index (χ1n) is 9.04. The molecule has 0 heterocycles. The molecule has 6 atom stereocenters. The van der Waals surface area contributed by atoms with Crippen molar-refractivity contribution in [3.8, 4) is 0 Å². The van der Waals surface area contributed by atoms with Crippen LogP contribution in [-0.2, 0) is 4.43 Å². The lowest BCUT2D eigenvalue weighted by atomic mass is 9.62. The third kappa shape index (κ3) is 3.52. The second-order valence-corrected chi connectivity index (χ2v) is 14.1. The maximum Gasteiger partial charge on any atom is 0.192 e. The van der Waals surface area contributed by atoms with Crippen molar-refractivity contribution in [2.45, 2.75) is 71.7 Å². The van der Waals surface area contributed by atoms with Crippen LogP contribution in [0.3, 0.4) is 0 Å². The van der Waals surface area contributed by atoms with Gasteiger partial charge in [-0.2, -0.15) is 0 Å². The summed E-state index contributed by atoms with van der Waals surface area (Å²) in [5.74, 6) is 2.62. The summed E-state index contributed by atoms with van der Waals surface area (Å²) in [5, 5.41) is 10.2. The quantitative estimate of drug-likeness (QED) is 0.594. The fourth-order valence-corrected chi connectivity index (χ4v) is 5.49. The van der Waals surface area contributed by atoms with Crippen LogP contribution in [0.25, 0.3) is 0 Å². The zero-order chi connectivity index (χ0) is 16.7. The normalized spacial score (nSPS) is 39.6. The highest BCUT2D eigenvalue weighted by Crippen LogP contribution is 2.48. The molecule has 0 spiro atoms. The Balaban J connectivity index is 2.26. The van der Waals surface area contributed by atoms with E-state index >= 15 is 0 Å². The lowest BCUT2D eigenvalue weighted by molar-refractivity contribution is -0.0288. The minimum absolute atomic E-state index is 0.244. The Morgan fingerprint density at radius 3 is 2.32 bits per heavy atom. The van der Waals surface area contributed by atoms with Crippen LogP contribution in [-0.4, -0.2) is 26.1 Å². The van der Waals surface area contributed by atoms with Gasteiger partial charge in [-0.25, -0.2) is 0 Å². The number of allylic oxidation sites excluding steroid dienone is 2. The predicted octanol–water partition coefficient (Wildman–Crippen LogP) is 4.85. The summed E-state index contributed by atoms with van der Waals surface area (Å²) in [6.45, 7) is 16.6. The molecule has 0 radical (unpaired) electrons. The van der Waals surface area contributed by atoms with Gasteiger partial charge in [0.1, 0.15) is 0 Å². The molecule has 22 heavy (non-hydrogen) atoms. The van der Waals surface area contributed by atoms with Gasteiger partial charge in [-0.05, 0) is 60.6 Å². The third-order valence-electron chi connectivity index (χ3n) is 6.53. The van der Waals surface area contributed by atoms with Crippen LogP contribution in [0.2, 0.25) is 18.1 Å². The van der Waals surface area contributed by atoms with E-state index in [-0.39, 0.29) is 5.04 Å². The van der Waals surface area contributed by atoms with Crippen molar-refractivity contribution >= 4 is 8.32 Å². The van der Waals surface area contributed by atoms with Crippen LogP contribution in [0, 0.1) is 29.6 Å². The standard InChI is InChI=1S/C19H36O2Si/c1-13-10-15-9-8-14(2)16(12-20)18(15)17(11-13)21-22(6,7)19(3,4)5/h8-9,13-18,20H,10-12H2,1-7H3/t13-,14-,15-,16-,17-,18-/m0/s1. The van der Waals surface area contributed by atoms with E-state index < -0.39 is 8.32 Å². The average Bonchev–Trinajstić information content (AvgIpc) is 2.37. The molecule has 128 valence electrons. The highest BCUT2D eigenvalue weighted by atomic mass is 28.4. The highest BCUT2D eigenvalue weighted by Gasteiger charge is 2.47. The van der Waals surface area contributed by atoms with Gasteiger partial charge in [0.2, 0.25) is 0 Å². The van der Waals surface area contributed by atoms with Gasteiger partial charge < -0.3 is 9.53 Å². The van der Waals surface area contributed by atoms with E-state index in [0.717, 1.165) is 6.42 Å². The zero-order valence-electron chi connectivity index (χ0n) is 15.6. The molecule has 3 heteroatoms. The van der Waals surface area contributed by atoms with Crippen molar-refractivity contribution < 1.29 is 9.53 Å². The maximum absolute atomic E-state index is 9.96. The molecule has 2 rings (SSSR count). The Labute approximate surface area is 138 Å². The van der Waals surface area contributed by atoms with Crippen LogP contribution in [0.5, 0.6) is 0 Å². The van der Waals surface area contributed by atoms with Crippen LogP contribution in [0.1, 0.15) is 47.5 Å². The van der Waals surface area contributed by atoms with Gasteiger partial charge >= 0.3 is 0 Å². The Bertz CT molecular complexity index is 410. The Morgan fingerprint density at radius 2 is 1.77 bits per heavy atom. The van der Waals surface area contributed by atoms with Crippen LogP contribution < -0.4 is 0 Å². The van der Waals surface area contributed by atoms with Gasteiger partial charge in [0.05, 0.1) is 0 Å². The van der Waals surface area contributed by atoms with Gasteiger partial charge in [0.15, 0.2) is 8.32 Å². The van der Waals surface area contributed by atoms with Gasteiger partial charge in [0, 0.05) is 12.7 Å². The van der Waals surface area contributed by atoms with E-state index in [4.69, 9.17) is 4.43 Å². The summed E-state index contributed by atoms with van der Waals surface area (Å²) in [7, 11) is -1.77. The Hall–Kier alpha value is -0.123. The smallest absolute Gasteiger partial charge is 0.192 e. The molecule has 2 aliphatic rings. The zero-order valence-corrected chi connectivity index (χ0v) is 16.6. The summed E-state index contributed by atoms with van der Waals surface area (Å²) < 4.78 is 6.86. The molecule has 0 aromatic rings. The van der Waals surface area contributed by atoms with E-state index in [1.54, 1.807) is 0 Å². The Morgan fingerprint density at radius 1 is 1.14 bits per heavy atom. The summed E-state index contributed by atoms with van der Waals surface area (Å²) in [4.78, 5) is 0. The average molecular weight is 325 g/mol. The van der Waals surface area contributed by atoms with E-state index in [1.807, 2.05) is 0 Å². The SMILES string of the molecule is C[C@@H]1C[C@H](O[Si](C)(C)C(C)(C)C)[C@@H]2[C@@H](CO)[C@@H](C)C=C[C@H]2C1. The Kier molecular flexibility index (Phi) is 5.31. The van der Waals surface area contributed by atoms with Crippen LogP contribution in [0.15, 0.2) is 12.2 Å². The second-order valence-electron chi connectivity index (χ2n) is 9.32. The summed E-state index contributed by atoms with van der Waals surface area (Å²) in [6, 6.07) is 0. The van der Waals surface area contributed by atoms with Crippen LogP contribution in [0.4, 0.5) is 0 Å². The maximum atomic E-state index is 9.96. The van der Waals surface area contributed by atoms with E-state index in [9.17, 15) is 5.11 Å². The van der Waals surface area contributed by atoms with Crippen molar-refractivity contribution in [3.63, 3.8) is 0 Å². The molecule has 1 fully saturated rings. The molecule has 0 unspecified atom stereocenters. The minimum Gasteiger partial charge on any atom is -0.414 e. The fraction of sp³-hybridized carbons (Fsp3) is 0.895. The van der Waals surface area contributed by atoms with Crippen molar-refractivity contribution in [1.29, 1.82) is 0 Å². The number of hydrogen-bond acceptors (Lipinski definition) is 2. The molecule has 0 saturated heterocycles. The topological polar surface area (TPSA) is 29.5 Å². The molecule has 0 bridgehead atoms. The van der Waals surface area contributed by atoms with Gasteiger partial charge in [-0.3, -0.25) is 0 Å². The molecular weight excluding hydrogens is 288 g/mol. The van der Waals surface area contributed by atoms with Gasteiger partial charge in [-0.15, -0.1) is 0 Å². The lowest BCUT2D eigenvalue weighted by Crippen LogP contribution is -2.52. The number of hydrogen-bond donors (Lipinski definition) is 1. The van der Waals surface area contributed by atoms with Crippen molar-refractivity contribution in [3.05, 3.63) is 12.2 Å². The van der Waals surface area contributed by atoms with Gasteiger partial charge in [-0.1, -0.05) is 46.8 Å². The summed E-state index contributed by atoms with van der Waals surface area (Å²) in [5.41, 5.74) is 0. The fourth-order valence-electron chi connectivity index (χ4n) is 4.13. The lowest BCUT2D eigenvalue weighted by Gasteiger charge is -2.50. The monoisotopic (exact) mass is 324 g/mol. The summed E-state index contributed by atoms with van der Waals surface area (Å²) >= 11 is 0. The molecule has 2 nitrogen and oxygen atoms in total. The molecule has 0 aromatic heterocycles. The number of aliphatic hydroxyl groups is 1. The number of rotatable bonds is 3. The number of aliphatic hydroxyl groups excluding tert-OH is 1. The summed E-state index contributed by atoms with van der Waals surface area (Å²) in [6.07, 6.45) is 7.47. The predicted molar refractivity (Wildman–Crippen MR) is 96.3 cm³/mol. The molecule has 0 aromatic carbocycles. The van der Waals surface area contributed by atoms with Gasteiger partial charge in [0.25, 0.3) is 0 Å². The molecule has 1 saturated carbocycles. The number of fused-ring (bicyclic) bond motifs is 1. The van der Waals surface area contributed by atoms with Crippen molar-refractivity contribution in [2.75, 3.05) is 6.61 Å². The molecule has 1 N–H and O–H groups in total. The highest BCUT2D eigenvalue weighted by molar-refractivity contribution is 6.74. The first-order chi connectivity index (χ1) is 10.1. The van der Waals surface area contributed by atoms with E-state index in [1.165, 1.54) is 6.42 Å². The largest absolute Gasteiger partial charge is 0.414 e. The molecule has 2 aliphatic carbocycles. The molecule has 0 amide bonds. The van der Waals surface area contributed by atoms with Crippen molar-refractivity contribution in [1.82, 2.24) is 0 Å². The van der Waals surface area contributed by atoms with E-state index in [0.29, 0.717) is 42.3 Å². The van der Waals surface area contributed by atoms with Crippen LogP contribution >= 0.6 is 0 Å².